The maximum Gasteiger partial charge on any atom is 0.417 e. The molecule has 6 nitrogen and oxygen atoms in total. The topological polar surface area (TPSA) is 68.2 Å². The van der Waals surface area contributed by atoms with Crippen LogP contribution >= 0.6 is 0 Å². The van der Waals surface area contributed by atoms with Gasteiger partial charge in [-0.1, -0.05) is 17.7 Å². The largest absolute Gasteiger partial charge is 0.475 e. The predicted octanol–water partition coefficient (Wildman–Crippen LogP) is 4.80. The molecule has 0 aliphatic carbocycles. The Morgan fingerprint density at radius 1 is 1.12 bits per heavy atom. The zero-order valence-electron chi connectivity index (χ0n) is 17.9. The quantitative estimate of drug-likeness (QED) is 0.524. The molecule has 3 aromatic rings. The van der Waals surface area contributed by atoms with E-state index in [2.05, 4.69) is 15.0 Å². The van der Waals surface area contributed by atoms with Crippen molar-refractivity contribution in [3.8, 4) is 17.3 Å². The molecular weight excluding hydrogens is 421 g/mol. The monoisotopic (exact) mass is 444 g/mol. The standard InChI is InChI=1S/C23H23F3N4O2/c1-4-30(16(3)14-32-20-9-7-17(13-29-20)23(24,25)26)22(31)19-12-15(2)6-8-18(19)21-27-10-5-11-28-21/h5-13,16H,4,14H2,1-3H3/t16-/m0/s1. The van der Waals surface area contributed by atoms with Crippen molar-refractivity contribution in [3.05, 3.63) is 71.7 Å². The van der Waals surface area contributed by atoms with E-state index in [0.29, 0.717) is 23.5 Å². The number of benzene rings is 1. The van der Waals surface area contributed by atoms with Gasteiger partial charge in [0.15, 0.2) is 5.82 Å². The van der Waals surface area contributed by atoms with Crippen LogP contribution in [0.2, 0.25) is 0 Å². The molecule has 0 saturated heterocycles. The van der Waals surface area contributed by atoms with Gasteiger partial charge in [-0.25, -0.2) is 15.0 Å². The maximum absolute atomic E-state index is 13.4. The molecule has 0 saturated carbocycles. The molecular formula is C23H23F3N4O2. The molecule has 1 atom stereocenters. The van der Waals surface area contributed by atoms with E-state index in [9.17, 15) is 18.0 Å². The van der Waals surface area contributed by atoms with Gasteiger partial charge in [-0.15, -0.1) is 0 Å². The van der Waals surface area contributed by atoms with Crippen LogP contribution in [0.15, 0.2) is 55.0 Å². The highest BCUT2D eigenvalue weighted by Crippen LogP contribution is 2.29. The van der Waals surface area contributed by atoms with E-state index in [4.69, 9.17) is 4.74 Å². The minimum Gasteiger partial charge on any atom is -0.475 e. The molecule has 0 fully saturated rings. The van der Waals surface area contributed by atoms with Crippen molar-refractivity contribution in [2.75, 3.05) is 13.2 Å². The van der Waals surface area contributed by atoms with Gasteiger partial charge in [0.1, 0.15) is 6.61 Å². The first-order chi connectivity index (χ1) is 15.2. The molecule has 0 radical (unpaired) electrons. The Labute approximate surface area is 184 Å². The zero-order chi connectivity index (χ0) is 23.3. The summed E-state index contributed by atoms with van der Waals surface area (Å²) in [4.78, 5) is 27.3. The summed E-state index contributed by atoms with van der Waals surface area (Å²) in [6.07, 6.45) is -0.511. The van der Waals surface area contributed by atoms with Crippen LogP contribution in [0.5, 0.6) is 5.88 Å². The Balaban J connectivity index is 1.77. The van der Waals surface area contributed by atoms with E-state index >= 15 is 0 Å². The molecule has 0 spiro atoms. The van der Waals surface area contributed by atoms with Crippen molar-refractivity contribution < 1.29 is 22.7 Å². The average molecular weight is 444 g/mol. The highest BCUT2D eigenvalue weighted by Gasteiger charge is 2.31. The van der Waals surface area contributed by atoms with Crippen molar-refractivity contribution in [1.29, 1.82) is 0 Å². The molecule has 3 rings (SSSR count). The Morgan fingerprint density at radius 3 is 2.44 bits per heavy atom. The van der Waals surface area contributed by atoms with Crippen LogP contribution in [0.1, 0.15) is 35.3 Å². The minimum absolute atomic E-state index is 0.0577. The highest BCUT2D eigenvalue weighted by molar-refractivity contribution is 6.00. The number of hydrogen-bond donors (Lipinski definition) is 0. The fraction of sp³-hybridized carbons (Fsp3) is 0.304. The maximum atomic E-state index is 13.4. The number of amides is 1. The Hall–Kier alpha value is -3.49. The SMILES string of the molecule is CCN(C(=O)c1cc(C)ccc1-c1ncccn1)[C@@H](C)COc1ccc(C(F)(F)F)cn1. The van der Waals surface area contributed by atoms with Gasteiger partial charge in [0, 0.05) is 36.8 Å². The predicted molar refractivity (Wildman–Crippen MR) is 113 cm³/mol. The van der Waals surface area contributed by atoms with Gasteiger partial charge in [-0.05, 0) is 39.0 Å². The summed E-state index contributed by atoms with van der Waals surface area (Å²) < 4.78 is 43.6. The second kappa shape index (κ2) is 9.76. The number of pyridine rings is 1. The Bertz CT molecular complexity index is 1060. The second-order valence-electron chi connectivity index (χ2n) is 7.26. The summed E-state index contributed by atoms with van der Waals surface area (Å²) in [5, 5.41) is 0. The fourth-order valence-electron chi connectivity index (χ4n) is 3.21. The van der Waals surface area contributed by atoms with Gasteiger partial charge in [-0.2, -0.15) is 13.2 Å². The van der Waals surface area contributed by atoms with Crippen LogP contribution in [-0.2, 0) is 6.18 Å². The lowest BCUT2D eigenvalue weighted by molar-refractivity contribution is -0.137. The van der Waals surface area contributed by atoms with Crippen LogP contribution in [0.3, 0.4) is 0 Å². The molecule has 0 bridgehead atoms. The highest BCUT2D eigenvalue weighted by atomic mass is 19.4. The van der Waals surface area contributed by atoms with Crippen molar-refractivity contribution in [2.45, 2.75) is 33.0 Å². The van der Waals surface area contributed by atoms with Crippen LogP contribution in [0, 0.1) is 6.92 Å². The summed E-state index contributed by atoms with van der Waals surface area (Å²) in [5.74, 6) is 0.294. The molecule has 2 heterocycles. The number of aromatic nitrogens is 3. The molecule has 9 heteroatoms. The van der Waals surface area contributed by atoms with E-state index < -0.39 is 11.7 Å². The lowest BCUT2D eigenvalue weighted by Gasteiger charge is -2.28. The number of carbonyl (C=O) groups excluding carboxylic acids is 1. The lowest BCUT2D eigenvalue weighted by Crippen LogP contribution is -2.42. The van der Waals surface area contributed by atoms with Gasteiger partial charge in [0.2, 0.25) is 5.88 Å². The smallest absolute Gasteiger partial charge is 0.417 e. The number of ether oxygens (including phenoxy) is 1. The van der Waals surface area contributed by atoms with Crippen LogP contribution < -0.4 is 4.74 Å². The molecule has 0 N–H and O–H groups in total. The van der Waals surface area contributed by atoms with E-state index in [1.807, 2.05) is 26.0 Å². The van der Waals surface area contributed by atoms with Gasteiger partial charge in [-0.3, -0.25) is 4.79 Å². The van der Waals surface area contributed by atoms with E-state index in [1.165, 1.54) is 6.07 Å². The van der Waals surface area contributed by atoms with Gasteiger partial charge >= 0.3 is 6.18 Å². The molecule has 32 heavy (non-hydrogen) atoms. The number of rotatable bonds is 7. The number of likely N-dealkylation sites (N-methyl/N-ethyl adjacent to an activating group) is 1. The number of nitrogens with zero attached hydrogens (tertiary/aromatic N) is 4. The summed E-state index contributed by atoms with van der Waals surface area (Å²) in [6.45, 7) is 6.03. The Morgan fingerprint density at radius 2 is 1.84 bits per heavy atom. The number of carbonyl (C=O) groups is 1. The first-order valence-electron chi connectivity index (χ1n) is 10.1. The summed E-state index contributed by atoms with van der Waals surface area (Å²) >= 11 is 0. The van der Waals surface area contributed by atoms with Crippen molar-refractivity contribution in [2.24, 2.45) is 0 Å². The third-order valence-electron chi connectivity index (χ3n) is 4.88. The Kier molecular flexibility index (Phi) is 7.07. The molecule has 1 aromatic carbocycles. The molecule has 1 amide bonds. The molecule has 168 valence electrons. The third-order valence-corrected chi connectivity index (χ3v) is 4.88. The zero-order valence-corrected chi connectivity index (χ0v) is 17.9. The van der Waals surface area contributed by atoms with Crippen molar-refractivity contribution >= 4 is 5.91 Å². The normalized spacial score (nSPS) is 12.3. The summed E-state index contributed by atoms with van der Waals surface area (Å²) in [5.41, 5.74) is 1.16. The number of aryl methyl sites for hydroxylation is 1. The van der Waals surface area contributed by atoms with E-state index in [-0.39, 0.29) is 24.4 Å². The lowest BCUT2D eigenvalue weighted by atomic mass is 10.0. The molecule has 2 aromatic heterocycles. The third kappa shape index (κ3) is 5.40. The molecule has 0 unspecified atom stereocenters. The molecule has 0 aliphatic rings. The van der Waals surface area contributed by atoms with Crippen LogP contribution in [0.4, 0.5) is 13.2 Å². The number of hydrogen-bond acceptors (Lipinski definition) is 5. The van der Waals surface area contributed by atoms with Crippen molar-refractivity contribution in [3.63, 3.8) is 0 Å². The van der Waals surface area contributed by atoms with Gasteiger partial charge < -0.3 is 9.64 Å². The summed E-state index contributed by atoms with van der Waals surface area (Å²) in [7, 11) is 0. The number of alkyl halides is 3. The second-order valence-corrected chi connectivity index (χ2v) is 7.26. The van der Waals surface area contributed by atoms with Crippen LogP contribution in [0.25, 0.3) is 11.4 Å². The van der Waals surface area contributed by atoms with Crippen LogP contribution in [-0.4, -0.2) is 45.0 Å². The van der Waals surface area contributed by atoms with Gasteiger partial charge in [0.05, 0.1) is 17.2 Å². The summed E-state index contributed by atoms with van der Waals surface area (Å²) in [6, 6.07) is 8.92. The van der Waals surface area contributed by atoms with E-state index in [0.717, 1.165) is 17.8 Å². The van der Waals surface area contributed by atoms with Crippen molar-refractivity contribution in [1.82, 2.24) is 19.9 Å². The first kappa shape index (κ1) is 23.2. The van der Waals surface area contributed by atoms with Gasteiger partial charge in [0.25, 0.3) is 5.91 Å². The van der Waals surface area contributed by atoms with E-state index in [1.54, 1.807) is 36.4 Å². The first-order valence-corrected chi connectivity index (χ1v) is 10.1. The molecule has 0 aliphatic heterocycles. The minimum atomic E-state index is -4.46. The number of halogens is 3. The average Bonchev–Trinajstić information content (AvgIpc) is 2.78. The fourth-order valence-corrected chi connectivity index (χ4v) is 3.21.